The van der Waals surface area contributed by atoms with E-state index in [9.17, 15) is 14.4 Å². The first-order valence-electron chi connectivity index (χ1n) is 13.2. The van der Waals surface area contributed by atoms with Gasteiger partial charge in [0.05, 0.1) is 0 Å². The fourth-order valence-corrected chi connectivity index (χ4v) is 7.20. The molecule has 5 fully saturated rings. The monoisotopic (exact) mass is 466 g/mol. The molecule has 4 amide bonds. The molecular formula is C27H38N4O3. The Morgan fingerprint density at radius 1 is 0.941 bits per heavy atom. The Kier molecular flexibility index (Phi) is 6.91. The summed E-state index contributed by atoms with van der Waals surface area (Å²) in [5.74, 6) is 2.75. The summed E-state index contributed by atoms with van der Waals surface area (Å²) < 4.78 is 0. The highest BCUT2D eigenvalue weighted by Gasteiger charge is 2.50. The van der Waals surface area contributed by atoms with Gasteiger partial charge in [0.25, 0.3) is 0 Å². The first-order valence-corrected chi connectivity index (χ1v) is 13.2. The van der Waals surface area contributed by atoms with Crippen LogP contribution < -0.4 is 20.9 Å². The van der Waals surface area contributed by atoms with Crippen LogP contribution in [0.3, 0.4) is 0 Å². The zero-order chi connectivity index (χ0) is 23.5. The normalized spacial score (nSPS) is 29.9. The lowest BCUT2D eigenvalue weighted by Crippen LogP contribution is -2.58. The van der Waals surface area contributed by atoms with Gasteiger partial charge in [-0.2, -0.15) is 0 Å². The van der Waals surface area contributed by atoms with Crippen molar-refractivity contribution in [1.82, 2.24) is 10.6 Å². The van der Waals surface area contributed by atoms with Gasteiger partial charge in [0.1, 0.15) is 0 Å². The molecule has 6 rings (SSSR count). The van der Waals surface area contributed by atoms with E-state index in [-0.39, 0.29) is 11.8 Å². The number of carbonyl (C=O) groups is 3. The predicted octanol–water partition coefficient (Wildman–Crippen LogP) is 4.58. The lowest BCUT2D eigenvalue weighted by Gasteiger charge is -2.57. The van der Waals surface area contributed by atoms with E-state index in [0.717, 1.165) is 42.8 Å². The molecule has 4 bridgehead atoms. The van der Waals surface area contributed by atoms with Crippen LogP contribution in [0.1, 0.15) is 77.0 Å². The molecule has 1 heterocycles. The summed E-state index contributed by atoms with van der Waals surface area (Å²) in [6, 6.07) is 6.78. The molecule has 4 saturated carbocycles. The van der Waals surface area contributed by atoms with E-state index in [0.29, 0.717) is 30.6 Å². The topological polar surface area (TPSA) is 90.5 Å². The summed E-state index contributed by atoms with van der Waals surface area (Å²) in [5, 5.41) is 9.23. The molecule has 0 spiro atoms. The molecule has 184 valence electrons. The lowest BCUT2D eigenvalue weighted by molar-refractivity contribution is -0.120. The van der Waals surface area contributed by atoms with Crippen molar-refractivity contribution < 1.29 is 14.4 Å². The predicted molar refractivity (Wildman–Crippen MR) is 133 cm³/mol. The van der Waals surface area contributed by atoms with Crippen molar-refractivity contribution in [2.45, 2.75) is 82.6 Å². The van der Waals surface area contributed by atoms with Crippen LogP contribution in [0.5, 0.6) is 0 Å². The molecule has 0 unspecified atom stereocenters. The van der Waals surface area contributed by atoms with Gasteiger partial charge in [-0.3, -0.25) is 19.8 Å². The van der Waals surface area contributed by atoms with Gasteiger partial charge in [-0.25, -0.2) is 4.79 Å². The Morgan fingerprint density at radius 2 is 1.59 bits per heavy atom. The van der Waals surface area contributed by atoms with Gasteiger partial charge in [0.15, 0.2) is 0 Å². The number of rotatable bonds is 10. The second-order valence-electron chi connectivity index (χ2n) is 11.1. The highest BCUT2D eigenvalue weighted by atomic mass is 16.2. The van der Waals surface area contributed by atoms with Gasteiger partial charge in [-0.15, -0.1) is 0 Å². The average Bonchev–Trinajstić information content (AvgIpc) is 2.78. The largest absolute Gasteiger partial charge is 0.328 e. The maximum absolute atomic E-state index is 12.3. The minimum absolute atomic E-state index is 0.0285. The summed E-state index contributed by atoms with van der Waals surface area (Å²) in [6.45, 7) is 1.49. The van der Waals surface area contributed by atoms with Gasteiger partial charge in [0.2, 0.25) is 11.8 Å². The van der Waals surface area contributed by atoms with Crippen molar-refractivity contribution in [1.29, 1.82) is 0 Å². The lowest BCUT2D eigenvalue weighted by atomic mass is 9.53. The van der Waals surface area contributed by atoms with Crippen LogP contribution in [0.2, 0.25) is 0 Å². The molecule has 34 heavy (non-hydrogen) atoms. The molecule has 7 nitrogen and oxygen atoms in total. The third-order valence-electron chi connectivity index (χ3n) is 8.39. The first kappa shape index (κ1) is 23.3. The van der Waals surface area contributed by atoms with Crippen molar-refractivity contribution in [2.75, 3.05) is 23.3 Å². The Bertz CT molecular complexity index is 878. The molecule has 1 aromatic carbocycles. The molecule has 1 saturated heterocycles. The van der Waals surface area contributed by atoms with E-state index >= 15 is 0 Å². The highest BCUT2D eigenvalue weighted by Crippen LogP contribution is 2.55. The molecule has 5 aliphatic rings. The number of benzene rings is 1. The molecule has 0 radical (unpaired) electrons. The molecule has 1 aromatic rings. The van der Waals surface area contributed by atoms with E-state index in [1.165, 1.54) is 56.3 Å². The van der Waals surface area contributed by atoms with Crippen molar-refractivity contribution in [3.8, 4) is 0 Å². The van der Waals surface area contributed by atoms with Crippen molar-refractivity contribution >= 4 is 29.2 Å². The maximum Gasteiger partial charge on any atom is 0.328 e. The second kappa shape index (κ2) is 10.1. The van der Waals surface area contributed by atoms with Crippen molar-refractivity contribution in [3.63, 3.8) is 0 Å². The molecule has 1 aliphatic heterocycles. The third-order valence-corrected chi connectivity index (χ3v) is 8.39. The van der Waals surface area contributed by atoms with E-state index in [4.69, 9.17) is 0 Å². The number of urea groups is 1. The quantitative estimate of drug-likeness (QED) is 0.440. The first-order chi connectivity index (χ1) is 16.5. The summed E-state index contributed by atoms with van der Waals surface area (Å²) >= 11 is 0. The van der Waals surface area contributed by atoms with Crippen LogP contribution in [0, 0.1) is 17.8 Å². The number of hydrogen-bond acceptors (Lipinski definition) is 4. The van der Waals surface area contributed by atoms with Crippen LogP contribution in [-0.4, -0.2) is 36.5 Å². The van der Waals surface area contributed by atoms with Crippen LogP contribution in [0.4, 0.5) is 16.2 Å². The fraction of sp³-hybridized carbons (Fsp3) is 0.667. The number of unbranched alkanes of at least 4 members (excludes halogenated alkanes) is 3. The summed E-state index contributed by atoms with van der Waals surface area (Å²) in [5.41, 5.74) is 1.89. The van der Waals surface area contributed by atoms with Gasteiger partial charge in [0, 0.05) is 36.3 Å². The molecule has 3 N–H and O–H groups in total. The van der Waals surface area contributed by atoms with Crippen LogP contribution in [0.15, 0.2) is 24.3 Å². The van der Waals surface area contributed by atoms with E-state index < -0.39 is 6.03 Å². The van der Waals surface area contributed by atoms with E-state index in [1.54, 1.807) is 24.3 Å². The Balaban J connectivity index is 0.955. The van der Waals surface area contributed by atoms with E-state index in [1.807, 2.05) is 0 Å². The standard InChI is InChI=1S/C27H38N4O3/c32-24(29-22-6-8-23(9-7-22)31-12-10-25(33)30-26(31)34)5-3-1-2-4-11-28-27-16-19-13-20(17-27)15-21(14-19)18-27/h6-9,19-21,28H,1-5,10-18H2,(H,29,32)(H,30,33,34). The Morgan fingerprint density at radius 3 is 2.24 bits per heavy atom. The smallest absolute Gasteiger partial charge is 0.326 e. The number of anilines is 2. The molecule has 4 aliphatic carbocycles. The van der Waals surface area contributed by atoms with Crippen LogP contribution in [-0.2, 0) is 9.59 Å². The number of imide groups is 1. The zero-order valence-electron chi connectivity index (χ0n) is 20.1. The zero-order valence-corrected chi connectivity index (χ0v) is 20.1. The molecular weight excluding hydrogens is 428 g/mol. The number of nitrogens with zero attached hydrogens (tertiary/aromatic N) is 1. The van der Waals surface area contributed by atoms with Crippen LogP contribution >= 0.6 is 0 Å². The van der Waals surface area contributed by atoms with Gasteiger partial charge >= 0.3 is 6.03 Å². The third kappa shape index (κ3) is 5.45. The summed E-state index contributed by atoms with van der Waals surface area (Å²) in [7, 11) is 0. The minimum atomic E-state index is -0.402. The van der Waals surface area contributed by atoms with Gasteiger partial charge in [-0.05, 0) is 99.9 Å². The SMILES string of the molecule is O=C1CCN(c2ccc(NC(=O)CCCCCCNC34CC5CC(CC(C5)C3)C4)cc2)C(=O)N1. The summed E-state index contributed by atoms with van der Waals surface area (Å²) in [6.07, 6.45) is 13.9. The maximum atomic E-state index is 12.3. The van der Waals surface area contributed by atoms with Crippen molar-refractivity contribution in [2.24, 2.45) is 17.8 Å². The average molecular weight is 467 g/mol. The Hall–Kier alpha value is -2.41. The number of amides is 4. The van der Waals surface area contributed by atoms with Gasteiger partial charge < -0.3 is 10.6 Å². The fourth-order valence-electron chi connectivity index (χ4n) is 7.20. The molecule has 7 heteroatoms. The number of nitrogens with one attached hydrogen (secondary N) is 3. The molecule has 0 atom stereocenters. The number of hydrogen-bond donors (Lipinski definition) is 3. The van der Waals surface area contributed by atoms with Gasteiger partial charge in [-0.1, -0.05) is 12.8 Å². The second-order valence-corrected chi connectivity index (χ2v) is 11.1. The van der Waals surface area contributed by atoms with Crippen molar-refractivity contribution in [3.05, 3.63) is 24.3 Å². The molecule has 0 aromatic heterocycles. The van der Waals surface area contributed by atoms with E-state index in [2.05, 4.69) is 16.0 Å². The Labute approximate surface area is 202 Å². The number of carbonyl (C=O) groups excluding carboxylic acids is 3. The highest BCUT2D eigenvalue weighted by molar-refractivity contribution is 6.05. The summed E-state index contributed by atoms with van der Waals surface area (Å²) in [4.78, 5) is 37.1. The van der Waals surface area contributed by atoms with Crippen LogP contribution in [0.25, 0.3) is 0 Å². The minimum Gasteiger partial charge on any atom is -0.326 e.